The fraction of sp³-hybridized carbons (Fsp3) is 0.450. The van der Waals surface area contributed by atoms with Crippen molar-refractivity contribution in [2.24, 2.45) is 0 Å². The zero-order chi connectivity index (χ0) is 20.9. The lowest BCUT2D eigenvalue weighted by Gasteiger charge is -2.19. The molecule has 2 atom stereocenters. The standard InChI is InChI=1S/C20H19F3N4O2S/c21-20(22,23)17-9-14(16-4-2-8-30-16)24-18-10-13(25-27(17)18)12-5-6-26(11-12)19(28)15-3-1-7-29-15/h2,4,8-10,12,15H,1,3,5-7,11H2. The minimum atomic E-state index is -4.56. The Bertz CT molecular complexity index is 1070. The molecule has 0 saturated carbocycles. The molecule has 2 unspecified atom stereocenters. The van der Waals surface area contributed by atoms with Crippen molar-refractivity contribution in [3.63, 3.8) is 0 Å². The summed E-state index contributed by atoms with van der Waals surface area (Å²) in [5.41, 5.74) is 0.108. The number of ether oxygens (including phenoxy) is 1. The fourth-order valence-corrected chi connectivity index (χ4v) is 4.81. The summed E-state index contributed by atoms with van der Waals surface area (Å²) < 4.78 is 47.5. The van der Waals surface area contributed by atoms with Gasteiger partial charge in [-0.1, -0.05) is 6.07 Å². The fourth-order valence-electron chi connectivity index (χ4n) is 4.12. The Kier molecular flexibility index (Phi) is 4.78. The molecule has 0 radical (unpaired) electrons. The number of rotatable bonds is 3. The molecule has 5 rings (SSSR count). The van der Waals surface area contributed by atoms with Gasteiger partial charge in [-0.2, -0.15) is 18.3 Å². The maximum atomic E-state index is 13.7. The molecule has 0 spiro atoms. The van der Waals surface area contributed by atoms with Gasteiger partial charge in [-0.25, -0.2) is 9.50 Å². The minimum absolute atomic E-state index is 0.0344. The summed E-state index contributed by atoms with van der Waals surface area (Å²) in [5.74, 6) is -0.156. The van der Waals surface area contributed by atoms with E-state index >= 15 is 0 Å². The lowest BCUT2D eigenvalue weighted by Crippen LogP contribution is -2.37. The minimum Gasteiger partial charge on any atom is -0.368 e. The van der Waals surface area contributed by atoms with E-state index in [9.17, 15) is 18.0 Å². The van der Waals surface area contributed by atoms with Crippen molar-refractivity contribution in [1.29, 1.82) is 0 Å². The van der Waals surface area contributed by atoms with Crippen LogP contribution in [0.2, 0.25) is 0 Å². The van der Waals surface area contributed by atoms with E-state index in [1.165, 1.54) is 11.3 Å². The second-order valence-electron chi connectivity index (χ2n) is 7.61. The molecule has 158 valence electrons. The molecule has 2 aliphatic heterocycles. The third-order valence-electron chi connectivity index (χ3n) is 5.63. The lowest BCUT2D eigenvalue weighted by atomic mass is 10.1. The van der Waals surface area contributed by atoms with Gasteiger partial charge < -0.3 is 9.64 Å². The number of hydrogen-bond donors (Lipinski definition) is 0. The maximum Gasteiger partial charge on any atom is 0.433 e. The molecule has 0 aliphatic carbocycles. The van der Waals surface area contributed by atoms with Crippen molar-refractivity contribution in [2.75, 3.05) is 19.7 Å². The molecule has 2 fully saturated rings. The Labute approximate surface area is 174 Å². The third kappa shape index (κ3) is 3.47. The Morgan fingerprint density at radius 2 is 2.13 bits per heavy atom. The van der Waals surface area contributed by atoms with Gasteiger partial charge >= 0.3 is 6.18 Å². The van der Waals surface area contributed by atoms with Gasteiger partial charge in [0.15, 0.2) is 11.3 Å². The van der Waals surface area contributed by atoms with Gasteiger partial charge in [0.2, 0.25) is 0 Å². The highest BCUT2D eigenvalue weighted by Crippen LogP contribution is 2.35. The third-order valence-corrected chi connectivity index (χ3v) is 6.53. The van der Waals surface area contributed by atoms with E-state index in [0.717, 1.165) is 23.4 Å². The van der Waals surface area contributed by atoms with Gasteiger partial charge in [-0.3, -0.25) is 4.79 Å². The van der Waals surface area contributed by atoms with Crippen LogP contribution in [0.25, 0.3) is 16.2 Å². The van der Waals surface area contributed by atoms with Gasteiger partial charge in [-0.05, 0) is 36.8 Å². The average Bonchev–Trinajstić information content (AvgIpc) is 3.52. The monoisotopic (exact) mass is 436 g/mol. The Balaban J connectivity index is 1.46. The van der Waals surface area contributed by atoms with Crippen LogP contribution < -0.4 is 0 Å². The second-order valence-corrected chi connectivity index (χ2v) is 8.56. The summed E-state index contributed by atoms with van der Waals surface area (Å²) in [6.45, 7) is 1.58. The van der Waals surface area contributed by atoms with E-state index in [0.29, 0.717) is 36.7 Å². The number of hydrogen-bond acceptors (Lipinski definition) is 5. The number of carbonyl (C=O) groups is 1. The topological polar surface area (TPSA) is 59.7 Å². The smallest absolute Gasteiger partial charge is 0.368 e. The van der Waals surface area contributed by atoms with Crippen molar-refractivity contribution in [2.45, 2.75) is 37.5 Å². The van der Waals surface area contributed by atoms with Gasteiger partial charge in [-0.15, -0.1) is 11.3 Å². The highest BCUT2D eigenvalue weighted by Gasteiger charge is 2.37. The largest absolute Gasteiger partial charge is 0.433 e. The SMILES string of the molecule is O=C(C1CCCO1)N1CCC(c2cc3nc(-c4cccs4)cc(C(F)(F)F)n3n2)C1. The number of likely N-dealkylation sites (tertiary alicyclic amines) is 1. The van der Waals surface area contributed by atoms with Crippen LogP contribution >= 0.6 is 11.3 Å². The molecule has 5 heterocycles. The average molecular weight is 436 g/mol. The van der Waals surface area contributed by atoms with Crippen LogP contribution in [0.1, 0.15) is 36.6 Å². The molecule has 1 amide bonds. The van der Waals surface area contributed by atoms with Crippen LogP contribution in [0.15, 0.2) is 29.6 Å². The number of alkyl halides is 3. The van der Waals surface area contributed by atoms with Crippen LogP contribution in [-0.4, -0.2) is 51.2 Å². The van der Waals surface area contributed by atoms with Crippen LogP contribution in [0.4, 0.5) is 13.2 Å². The molecule has 0 aromatic carbocycles. The Morgan fingerprint density at radius 1 is 1.27 bits per heavy atom. The first-order valence-corrected chi connectivity index (χ1v) is 10.7. The first-order chi connectivity index (χ1) is 14.4. The number of nitrogens with zero attached hydrogens (tertiary/aromatic N) is 4. The summed E-state index contributed by atoms with van der Waals surface area (Å²) in [5, 5.41) is 6.04. The van der Waals surface area contributed by atoms with Gasteiger partial charge in [0.25, 0.3) is 5.91 Å². The summed E-state index contributed by atoms with van der Waals surface area (Å²) in [6.07, 6.45) is -2.70. The van der Waals surface area contributed by atoms with E-state index in [4.69, 9.17) is 4.74 Å². The molecule has 10 heteroatoms. The number of aromatic nitrogens is 3. The van der Waals surface area contributed by atoms with E-state index in [-0.39, 0.29) is 23.2 Å². The van der Waals surface area contributed by atoms with E-state index in [1.807, 2.05) is 0 Å². The van der Waals surface area contributed by atoms with Gasteiger partial charge in [0, 0.05) is 31.7 Å². The van der Waals surface area contributed by atoms with Gasteiger partial charge in [0.1, 0.15) is 6.10 Å². The maximum absolute atomic E-state index is 13.7. The Hall–Kier alpha value is -2.46. The van der Waals surface area contributed by atoms with E-state index < -0.39 is 18.0 Å². The zero-order valence-electron chi connectivity index (χ0n) is 15.9. The Morgan fingerprint density at radius 3 is 2.83 bits per heavy atom. The number of thiophene rings is 1. The normalized spacial score (nSPS) is 22.3. The van der Waals surface area contributed by atoms with E-state index in [1.54, 1.807) is 28.5 Å². The van der Waals surface area contributed by atoms with Crippen molar-refractivity contribution >= 4 is 22.9 Å². The summed E-state index contributed by atoms with van der Waals surface area (Å²) >= 11 is 1.34. The molecule has 2 aliphatic rings. The van der Waals surface area contributed by atoms with Crippen molar-refractivity contribution in [3.8, 4) is 10.6 Å². The first-order valence-electron chi connectivity index (χ1n) is 9.82. The van der Waals surface area contributed by atoms with Crippen molar-refractivity contribution in [1.82, 2.24) is 19.5 Å². The number of amides is 1. The van der Waals surface area contributed by atoms with Crippen LogP contribution in [0, 0.1) is 0 Å². The molecule has 0 N–H and O–H groups in total. The lowest BCUT2D eigenvalue weighted by molar-refractivity contribution is -0.142. The molecular formula is C20H19F3N4O2S. The molecule has 3 aromatic rings. The van der Waals surface area contributed by atoms with E-state index in [2.05, 4.69) is 10.1 Å². The van der Waals surface area contributed by atoms with Crippen LogP contribution in [0.3, 0.4) is 0 Å². The first kappa shape index (κ1) is 19.5. The number of fused-ring (bicyclic) bond motifs is 1. The molecule has 30 heavy (non-hydrogen) atoms. The quantitative estimate of drug-likeness (QED) is 0.624. The predicted molar refractivity (Wildman–Crippen MR) is 104 cm³/mol. The van der Waals surface area contributed by atoms with Crippen LogP contribution in [-0.2, 0) is 15.7 Å². The molecule has 6 nitrogen and oxygen atoms in total. The summed E-state index contributed by atoms with van der Waals surface area (Å²) in [7, 11) is 0. The molecule has 3 aromatic heterocycles. The highest BCUT2D eigenvalue weighted by molar-refractivity contribution is 7.13. The van der Waals surface area contributed by atoms with Crippen molar-refractivity contribution < 1.29 is 22.7 Å². The van der Waals surface area contributed by atoms with Gasteiger partial charge in [0.05, 0.1) is 16.3 Å². The summed E-state index contributed by atoms with van der Waals surface area (Å²) in [4.78, 5) is 19.4. The molecular weight excluding hydrogens is 417 g/mol. The second kappa shape index (κ2) is 7.35. The zero-order valence-corrected chi connectivity index (χ0v) is 16.7. The number of halogens is 3. The number of carbonyl (C=O) groups excluding carboxylic acids is 1. The molecule has 2 saturated heterocycles. The highest BCUT2D eigenvalue weighted by atomic mass is 32.1. The van der Waals surface area contributed by atoms with Crippen molar-refractivity contribution in [3.05, 3.63) is 41.0 Å². The predicted octanol–water partition coefficient (Wildman–Crippen LogP) is 3.97. The summed E-state index contributed by atoms with van der Waals surface area (Å²) in [6, 6.07) is 6.17. The van der Waals surface area contributed by atoms with Crippen LogP contribution in [0.5, 0.6) is 0 Å². The molecule has 0 bridgehead atoms.